The number of amides is 3. The summed E-state index contributed by atoms with van der Waals surface area (Å²) in [6.07, 6.45) is -0.147. The molecule has 5 N–H and O–H groups in total. The van der Waals surface area contributed by atoms with Crippen LogP contribution in [0.15, 0.2) is 126 Å². The Balaban J connectivity index is 1.61. The maximum Gasteiger partial charge on any atom is 0.408 e. The van der Waals surface area contributed by atoms with Crippen LogP contribution in [-0.4, -0.2) is 59.7 Å². The molecule has 0 aromatic heterocycles. The van der Waals surface area contributed by atoms with Crippen LogP contribution in [-0.2, 0) is 40.8 Å². The second kappa shape index (κ2) is 22.7. The third-order valence-electron chi connectivity index (χ3n) is 9.83. The number of nitrogens with zero attached hydrogens (tertiary/aromatic N) is 1. The molecular weight excluding hydrogens is 759 g/mol. The Labute approximate surface area is 353 Å². The Morgan fingerprint density at radius 1 is 0.733 bits per heavy atom. The smallest absolute Gasteiger partial charge is 0.408 e. The van der Waals surface area contributed by atoms with E-state index in [9.17, 15) is 24.0 Å². The lowest BCUT2D eigenvalue weighted by molar-refractivity contribution is -0.149. The Bertz CT molecular complexity index is 1920. The Morgan fingerprint density at radius 2 is 1.25 bits per heavy atom. The van der Waals surface area contributed by atoms with Crippen molar-refractivity contribution in [2.75, 3.05) is 6.54 Å². The van der Waals surface area contributed by atoms with Crippen LogP contribution in [0.4, 0.5) is 4.79 Å². The van der Waals surface area contributed by atoms with Crippen molar-refractivity contribution in [3.05, 3.63) is 144 Å². The number of carbonyl (C=O) groups is 5. The van der Waals surface area contributed by atoms with E-state index < -0.39 is 52.9 Å². The average molecular weight is 818 g/mol. The van der Waals surface area contributed by atoms with Crippen molar-refractivity contribution < 1.29 is 33.4 Å². The van der Waals surface area contributed by atoms with Gasteiger partial charge in [0.2, 0.25) is 11.8 Å². The molecule has 0 saturated heterocycles. The van der Waals surface area contributed by atoms with E-state index in [-0.39, 0.29) is 38.2 Å². The van der Waals surface area contributed by atoms with Gasteiger partial charge in [-0.05, 0) is 69.2 Å². The molecule has 0 fully saturated rings. The fourth-order valence-electron chi connectivity index (χ4n) is 6.71. The van der Waals surface area contributed by atoms with Gasteiger partial charge in [0.25, 0.3) is 0 Å². The summed E-state index contributed by atoms with van der Waals surface area (Å²) in [4.78, 5) is 72.8. The van der Waals surface area contributed by atoms with Crippen molar-refractivity contribution in [1.82, 2.24) is 16.0 Å². The summed E-state index contributed by atoms with van der Waals surface area (Å²) < 4.78 is 10.9. The highest BCUT2D eigenvalue weighted by atomic mass is 16.6. The first-order valence-corrected chi connectivity index (χ1v) is 20.5. The lowest BCUT2D eigenvalue weighted by Gasteiger charge is -2.37. The van der Waals surface area contributed by atoms with Crippen LogP contribution in [0.2, 0.25) is 0 Å². The number of esters is 1. The van der Waals surface area contributed by atoms with E-state index in [2.05, 4.69) is 20.9 Å². The van der Waals surface area contributed by atoms with Crippen molar-refractivity contribution >= 4 is 35.5 Å². The summed E-state index contributed by atoms with van der Waals surface area (Å²) in [5.41, 5.74) is 7.21. The quantitative estimate of drug-likeness (QED) is 0.0225. The van der Waals surface area contributed by atoms with Crippen molar-refractivity contribution in [2.24, 2.45) is 16.6 Å². The standard InChI is InChI=1S/C48H59N5O7/c1-6-42(49)50-31-19-28-40(52-46(58)60-47(3,4)5)41(54)32-36(44(56)51-34(2)45(57)59-33-35-20-11-7-12-21-35)29-30-43(55)53-48(37-22-13-8-14-23-37,38-24-15-9-16-25-38)39-26-17-10-18-27-39/h7-18,20-27,34,36,40H,6,19,28-33H2,1-5H3,(H2,49,50)(H,51,56)(H,52,58)(H,53,55)/t34-,36+,40-/m0/s1. The van der Waals surface area contributed by atoms with Gasteiger partial charge in [-0.2, -0.15) is 0 Å². The van der Waals surface area contributed by atoms with Gasteiger partial charge in [0.1, 0.15) is 23.8 Å². The molecule has 0 heterocycles. The minimum absolute atomic E-state index is 0.0138. The van der Waals surface area contributed by atoms with Gasteiger partial charge in [0.15, 0.2) is 5.78 Å². The zero-order valence-corrected chi connectivity index (χ0v) is 35.3. The van der Waals surface area contributed by atoms with Crippen molar-refractivity contribution in [3.8, 4) is 0 Å². The first kappa shape index (κ1) is 46.4. The molecule has 0 aliphatic heterocycles. The minimum atomic E-state index is -1.10. The summed E-state index contributed by atoms with van der Waals surface area (Å²) in [5, 5.41) is 8.71. The van der Waals surface area contributed by atoms with Gasteiger partial charge in [-0.3, -0.25) is 19.4 Å². The minimum Gasteiger partial charge on any atom is -0.459 e. The number of carbonyl (C=O) groups excluding carboxylic acids is 5. The van der Waals surface area contributed by atoms with Crippen LogP contribution in [0.25, 0.3) is 0 Å². The fourth-order valence-corrected chi connectivity index (χ4v) is 6.71. The number of alkyl carbamates (subject to hydrolysis) is 1. The molecular formula is C48H59N5O7. The molecule has 4 aromatic rings. The third kappa shape index (κ3) is 14.2. The number of aliphatic imine (C=N–C) groups is 1. The van der Waals surface area contributed by atoms with Crippen LogP contribution in [0, 0.1) is 5.92 Å². The first-order valence-electron chi connectivity index (χ1n) is 20.5. The van der Waals surface area contributed by atoms with Crippen molar-refractivity contribution in [2.45, 2.75) is 103 Å². The number of amidine groups is 1. The van der Waals surface area contributed by atoms with E-state index in [0.29, 0.717) is 25.2 Å². The predicted molar refractivity (Wildman–Crippen MR) is 233 cm³/mol. The van der Waals surface area contributed by atoms with Crippen LogP contribution < -0.4 is 21.7 Å². The molecule has 0 bridgehead atoms. The van der Waals surface area contributed by atoms with Gasteiger partial charge in [-0.1, -0.05) is 128 Å². The van der Waals surface area contributed by atoms with Crippen LogP contribution in [0.5, 0.6) is 0 Å². The number of ketones is 1. The molecule has 3 atom stereocenters. The topological polar surface area (TPSA) is 178 Å². The van der Waals surface area contributed by atoms with E-state index >= 15 is 0 Å². The highest BCUT2D eigenvalue weighted by Crippen LogP contribution is 2.37. The molecule has 12 heteroatoms. The molecule has 0 spiro atoms. The van der Waals surface area contributed by atoms with E-state index in [1.165, 1.54) is 6.92 Å². The maximum absolute atomic E-state index is 14.3. The lowest BCUT2D eigenvalue weighted by atomic mass is 9.76. The highest BCUT2D eigenvalue weighted by molar-refractivity contribution is 5.93. The second-order valence-electron chi connectivity index (χ2n) is 15.7. The van der Waals surface area contributed by atoms with E-state index in [4.69, 9.17) is 15.2 Å². The van der Waals surface area contributed by atoms with Gasteiger partial charge >= 0.3 is 12.1 Å². The van der Waals surface area contributed by atoms with Crippen molar-refractivity contribution in [1.29, 1.82) is 0 Å². The molecule has 0 saturated carbocycles. The normalized spacial score (nSPS) is 13.2. The van der Waals surface area contributed by atoms with E-state index in [1.54, 1.807) is 20.8 Å². The summed E-state index contributed by atoms with van der Waals surface area (Å²) in [7, 11) is 0. The Morgan fingerprint density at radius 3 is 1.75 bits per heavy atom. The highest BCUT2D eigenvalue weighted by Gasteiger charge is 2.38. The number of ether oxygens (including phenoxy) is 2. The van der Waals surface area contributed by atoms with Gasteiger partial charge in [-0.25, -0.2) is 9.59 Å². The van der Waals surface area contributed by atoms with Gasteiger partial charge < -0.3 is 31.2 Å². The Hall–Kier alpha value is -6.30. The average Bonchev–Trinajstić information content (AvgIpc) is 3.24. The summed E-state index contributed by atoms with van der Waals surface area (Å²) >= 11 is 0. The van der Waals surface area contributed by atoms with E-state index in [1.807, 2.05) is 128 Å². The van der Waals surface area contributed by atoms with E-state index in [0.717, 1.165) is 22.3 Å². The molecule has 4 aromatic carbocycles. The molecule has 318 valence electrons. The third-order valence-corrected chi connectivity index (χ3v) is 9.83. The second-order valence-corrected chi connectivity index (χ2v) is 15.7. The number of rotatable bonds is 21. The molecule has 0 aliphatic carbocycles. The van der Waals surface area contributed by atoms with Gasteiger partial charge in [-0.15, -0.1) is 0 Å². The molecule has 12 nitrogen and oxygen atoms in total. The Kier molecular flexibility index (Phi) is 17.6. The summed E-state index contributed by atoms with van der Waals surface area (Å²) in [5.74, 6) is -2.69. The largest absolute Gasteiger partial charge is 0.459 e. The number of nitrogens with two attached hydrogens (primary N) is 1. The van der Waals surface area contributed by atoms with Gasteiger partial charge in [0, 0.05) is 31.7 Å². The maximum atomic E-state index is 14.3. The van der Waals surface area contributed by atoms with Crippen LogP contribution in [0.1, 0.15) is 95.4 Å². The lowest BCUT2D eigenvalue weighted by Crippen LogP contribution is -2.48. The number of hydrogen-bond acceptors (Lipinski definition) is 8. The monoisotopic (exact) mass is 817 g/mol. The van der Waals surface area contributed by atoms with Crippen LogP contribution in [0.3, 0.4) is 0 Å². The molecule has 60 heavy (non-hydrogen) atoms. The molecule has 3 amide bonds. The number of nitrogens with one attached hydrogen (secondary N) is 3. The molecule has 4 rings (SSSR count). The first-order chi connectivity index (χ1) is 28.7. The zero-order valence-electron chi connectivity index (χ0n) is 35.3. The molecule has 0 radical (unpaired) electrons. The molecule has 0 unspecified atom stereocenters. The summed E-state index contributed by atoms with van der Waals surface area (Å²) in [6, 6.07) is 35.9. The predicted octanol–water partition coefficient (Wildman–Crippen LogP) is 7.14. The SMILES string of the molecule is CCC(N)=NCCC[C@H](NC(=O)OC(C)(C)C)C(=O)C[C@@H](CCC(=O)NC(c1ccccc1)(c1ccccc1)c1ccccc1)C(=O)N[C@@H](C)C(=O)OCc1ccccc1. The van der Waals surface area contributed by atoms with Crippen LogP contribution >= 0.6 is 0 Å². The van der Waals surface area contributed by atoms with Crippen molar-refractivity contribution in [3.63, 3.8) is 0 Å². The molecule has 0 aliphatic rings. The number of Topliss-reactive ketones (excluding diaryl/α,β-unsaturated/α-hetero) is 1. The fraction of sp³-hybridized carbons (Fsp3) is 0.375. The number of hydrogen-bond donors (Lipinski definition) is 4. The summed E-state index contributed by atoms with van der Waals surface area (Å²) in [6.45, 7) is 8.87. The number of benzene rings is 4. The van der Waals surface area contributed by atoms with Gasteiger partial charge in [0.05, 0.1) is 11.9 Å². The zero-order chi connectivity index (χ0) is 43.5.